The molecule has 1 heterocycles. The summed E-state index contributed by atoms with van der Waals surface area (Å²) in [6.45, 7) is 4.32. The lowest BCUT2D eigenvalue weighted by Gasteiger charge is -2.34. The smallest absolute Gasteiger partial charge is 0.225 e. The summed E-state index contributed by atoms with van der Waals surface area (Å²) in [6, 6.07) is 6.54. The fourth-order valence-corrected chi connectivity index (χ4v) is 4.11. The molecule has 26 heavy (non-hydrogen) atoms. The van der Waals surface area contributed by atoms with E-state index in [2.05, 4.69) is 5.32 Å². The minimum absolute atomic E-state index is 0.0577. The van der Waals surface area contributed by atoms with Gasteiger partial charge >= 0.3 is 0 Å². The summed E-state index contributed by atoms with van der Waals surface area (Å²) in [7, 11) is -3.23. The molecule has 0 spiro atoms. The summed E-state index contributed by atoms with van der Waals surface area (Å²) in [6.07, 6.45) is 0.113. The third-order valence-corrected chi connectivity index (χ3v) is 6.51. The molecule has 1 saturated heterocycles. The lowest BCUT2D eigenvalue weighted by molar-refractivity contribution is -0.133. The fourth-order valence-electron chi connectivity index (χ4n) is 2.89. The number of hydrogen-bond donors (Lipinski definition) is 1. The van der Waals surface area contributed by atoms with Crippen molar-refractivity contribution < 1.29 is 18.0 Å². The first-order valence-corrected chi connectivity index (χ1v) is 10.5. The van der Waals surface area contributed by atoms with Crippen LogP contribution in [-0.4, -0.2) is 61.4 Å². The van der Waals surface area contributed by atoms with Crippen molar-refractivity contribution in [2.24, 2.45) is 0 Å². The standard InChI is InChI=1S/C17H24ClN3O4S/c1-3-26(24,25)21-10-8-20(9-11-21)17(23)12-16(19-13(2)22)14-4-6-15(18)7-5-14/h4-7,16H,3,8-12H2,1-2H3,(H,19,22). The zero-order valence-electron chi connectivity index (χ0n) is 14.9. The van der Waals surface area contributed by atoms with Gasteiger partial charge in [0.1, 0.15) is 0 Å². The van der Waals surface area contributed by atoms with Gasteiger partial charge in [0.15, 0.2) is 0 Å². The molecule has 1 aromatic carbocycles. The van der Waals surface area contributed by atoms with Crippen LogP contribution in [0, 0.1) is 0 Å². The average molecular weight is 402 g/mol. The summed E-state index contributed by atoms with van der Waals surface area (Å²) in [5.41, 5.74) is 0.796. The van der Waals surface area contributed by atoms with Crippen LogP contribution in [0.5, 0.6) is 0 Å². The number of rotatable bonds is 6. The zero-order chi connectivity index (χ0) is 19.3. The molecule has 1 unspecified atom stereocenters. The van der Waals surface area contributed by atoms with Crippen molar-refractivity contribution in [3.8, 4) is 0 Å². The van der Waals surface area contributed by atoms with Crippen LogP contribution in [-0.2, 0) is 19.6 Å². The molecule has 2 rings (SSSR count). The zero-order valence-corrected chi connectivity index (χ0v) is 16.5. The van der Waals surface area contributed by atoms with E-state index in [1.165, 1.54) is 11.2 Å². The number of nitrogens with zero attached hydrogens (tertiary/aromatic N) is 2. The highest BCUT2D eigenvalue weighted by Crippen LogP contribution is 2.21. The number of piperazine rings is 1. The molecule has 2 amide bonds. The van der Waals surface area contributed by atoms with Crippen LogP contribution in [0.1, 0.15) is 31.9 Å². The molecule has 1 aromatic rings. The molecule has 1 atom stereocenters. The number of amides is 2. The van der Waals surface area contributed by atoms with Crippen molar-refractivity contribution in [2.45, 2.75) is 26.3 Å². The van der Waals surface area contributed by atoms with Gasteiger partial charge < -0.3 is 10.2 Å². The van der Waals surface area contributed by atoms with E-state index in [4.69, 9.17) is 11.6 Å². The Morgan fingerprint density at radius 2 is 1.73 bits per heavy atom. The monoisotopic (exact) mass is 401 g/mol. The van der Waals surface area contributed by atoms with Crippen LogP contribution < -0.4 is 5.32 Å². The summed E-state index contributed by atoms with van der Waals surface area (Å²) in [4.78, 5) is 25.8. The minimum Gasteiger partial charge on any atom is -0.349 e. The highest BCUT2D eigenvalue weighted by molar-refractivity contribution is 7.89. The number of hydrogen-bond acceptors (Lipinski definition) is 4. The molecular formula is C17H24ClN3O4S. The number of nitrogens with one attached hydrogen (secondary N) is 1. The lowest BCUT2D eigenvalue weighted by Crippen LogP contribution is -2.51. The Hall–Kier alpha value is -1.64. The van der Waals surface area contributed by atoms with Gasteiger partial charge in [-0.3, -0.25) is 9.59 Å². The van der Waals surface area contributed by atoms with Crippen molar-refractivity contribution in [1.29, 1.82) is 0 Å². The average Bonchev–Trinajstić information content (AvgIpc) is 2.61. The molecule has 0 aliphatic carbocycles. The van der Waals surface area contributed by atoms with Gasteiger partial charge in [0.25, 0.3) is 0 Å². The summed E-state index contributed by atoms with van der Waals surface area (Å²) >= 11 is 5.90. The highest BCUT2D eigenvalue weighted by Gasteiger charge is 2.29. The van der Waals surface area contributed by atoms with E-state index in [-0.39, 0.29) is 24.0 Å². The molecule has 9 heteroatoms. The number of benzene rings is 1. The van der Waals surface area contributed by atoms with Crippen molar-refractivity contribution in [2.75, 3.05) is 31.9 Å². The van der Waals surface area contributed by atoms with Crippen LogP contribution in [0.2, 0.25) is 5.02 Å². The van der Waals surface area contributed by atoms with Gasteiger partial charge in [-0.1, -0.05) is 23.7 Å². The number of sulfonamides is 1. The lowest BCUT2D eigenvalue weighted by atomic mass is 10.0. The van der Waals surface area contributed by atoms with Gasteiger partial charge in [0.2, 0.25) is 21.8 Å². The first-order chi connectivity index (χ1) is 12.2. The minimum atomic E-state index is -3.23. The molecule has 0 bridgehead atoms. The van der Waals surface area contributed by atoms with E-state index in [9.17, 15) is 18.0 Å². The van der Waals surface area contributed by atoms with Gasteiger partial charge in [-0.05, 0) is 24.6 Å². The molecule has 0 aromatic heterocycles. The third kappa shape index (κ3) is 5.43. The van der Waals surface area contributed by atoms with E-state index in [1.54, 1.807) is 36.1 Å². The van der Waals surface area contributed by atoms with Crippen LogP contribution >= 0.6 is 11.6 Å². The van der Waals surface area contributed by atoms with Gasteiger partial charge in [0.05, 0.1) is 18.2 Å². The van der Waals surface area contributed by atoms with Gasteiger partial charge in [-0.25, -0.2) is 8.42 Å². The normalized spacial score (nSPS) is 17.0. The number of halogens is 1. The second kappa shape index (κ2) is 8.83. The Bertz CT molecular complexity index is 744. The van der Waals surface area contributed by atoms with Crippen LogP contribution in [0.3, 0.4) is 0 Å². The molecule has 1 aliphatic heterocycles. The molecule has 0 radical (unpaired) electrons. The molecule has 7 nitrogen and oxygen atoms in total. The fraction of sp³-hybridized carbons (Fsp3) is 0.529. The van der Waals surface area contributed by atoms with Crippen molar-refractivity contribution in [3.05, 3.63) is 34.9 Å². The number of carbonyl (C=O) groups excluding carboxylic acids is 2. The topological polar surface area (TPSA) is 86.8 Å². The molecule has 144 valence electrons. The highest BCUT2D eigenvalue weighted by atomic mass is 35.5. The van der Waals surface area contributed by atoms with Crippen LogP contribution in [0.4, 0.5) is 0 Å². The van der Waals surface area contributed by atoms with Crippen LogP contribution in [0.25, 0.3) is 0 Å². The molecular weight excluding hydrogens is 378 g/mol. The molecule has 1 N–H and O–H groups in total. The first kappa shape index (κ1) is 20.7. The maximum atomic E-state index is 12.6. The van der Waals surface area contributed by atoms with Crippen molar-refractivity contribution in [1.82, 2.24) is 14.5 Å². The van der Waals surface area contributed by atoms with Crippen molar-refractivity contribution in [3.63, 3.8) is 0 Å². The molecule has 0 saturated carbocycles. The van der Waals surface area contributed by atoms with E-state index < -0.39 is 16.1 Å². The van der Waals surface area contributed by atoms with E-state index in [0.717, 1.165) is 5.56 Å². The Morgan fingerprint density at radius 1 is 1.15 bits per heavy atom. The summed E-state index contributed by atoms with van der Waals surface area (Å²) in [5, 5.41) is 3.37. The van der Waals surface area contributed by atoms with Crippen molar-refractivity contribution >= 4 is 33.4 Å². The predicted octanol–water partition coefficient (Wildman–Crippen LogP) is 1.40. The maximum Gasteiger partial charge on any atom is 0.225 e. The SMILES string of the molecule is CCS(=O)(=O)N1CCN(C(=O)CC(NC(C)=O)c2ccc(Cl)cc2)CC1. The van der Waals surface area contributed by atoms with Crippen LogP contribution in [0.15, 0.2) is 24.3 Å². The summed E-state index contributed by atoms with van der Waals surface area (Å²) in [5.74, 6) is -0.286. The first-order valence-electron chi connectivity index (χ1n) is 8.51. The second-order valence-corrected chi connectivity index (χ2v) is 8.88. The van der Waals surface area contributed by atoms with Gasteiger partial charge in [-0.15, -0.1) is 0 Å². The Balaban J connectivity index is 2.01. The third-order valence-electron chi connectivity index (χ3n) is 4.38. The number of carbonyl (C=O) groups is 2. The van der Waals surface area contributed by atoms with Gasteiger partial charge in [0, 0.05) is 38.1 Å². The Kier molecular flexibility index (Phi) is 7.02. The van der Waals surface area contributed by atoms with Gasteiger partial charge in [-0.2, -0.15) is 4.31 Å². The quantitative estimate of drug-likeness (QED) is 0.780. The predicted molar refractivity (Wildman–Crippen MR) is 100 cm³/mol. The Morgan fingerprint density at radius 3 is 2.23 bits per heavy atom. The Labute approximate surface area is 159 Å². The summed E-state index contributed by atoms with van der Waals surface area (Å²) < 4.78 is 25.2. The largest absolute Gasteiger partial charge is 0.349 e. The molecule has 1 fully saturated rings. The van der Waals surface area contributed by atoms with E-state index in [1.807, 2.05) is 0 Å². The molecule has 1 aliphatic rings. The second-order valence-electron chi connectivity index (χ2n) is 6.19. The van der Waals surface area contributed by atoms with E-state index in [0.29, 0.717) is 31.2 Å². The van der Waals surface area contributed by atoms with E-state index >= 15 is 0 Å². The maximum absolute atomic E-state index is 12.6.